The number of carbonyl (C=O) groups is 2. The van der Waals surface area contributed by atoms with Crippen molar-refractivity contribution in [3.05, 3.63) is 17.7 Å². The van der Waals surface area contributed by atoms with Gasteiger partial charge in [0.25, 0.3) is 5.91 Å². The van der Waals surface area contributed by atoms with Crippen LogP contribution in [-0.4, -0.2) is 49.8 Å². The van der Waals surface area contributed by atoms with Crippen molar-refractivity contribution in [2.24, 2.45) is 5.92 Å². The van der Waals surface area contributed by atoms with E-state index in [1.54, 1.807) is 13.0 Å². The molecule has 4 rings (SSSR count). The van der Waals surface area contributed by atoms with Gasteiger partial charge in [0.15, 0.2) is 6.10 Å². The fourth-order valence-electron chi connectivity index (χ4n) is 4.73. The quantitative estimate of drug-likeness (QED) is 0.719. The summed E-state index contributed by atoms with van der Waals surface area (Å²) in [5.41, 5.74) is 1.02. The summed E-state index contributed by atoms with van der Waals surface area (Å²) in [5, 5.41) is 5.90. The van der Waals surface area contributed by atoms with Gasteiger partial charge in [-0.3, -0.25) is 9.59 Å². The van der Waals surface area contributed by atoms with E-state index in [9.17, 15) is 18.0 Å². The number of hydrogen-bond acceptors (Lipinski definition) is 5. The first-order chi connectivity index (χ1) is 14.8. The summed E-state index contributed by atoms with van der Waals surface area (Å²) in [5.74, 6) is -0.229. The molecule has 2 fully saturated rings. The first kappa shape index (κ1) is 22.1. The molecular formula is C22H31N3O5S. The monoisotopic (exact) mass is 449 g/mol. The standard InChI is InChI=1S/C22H31N3O5S/c1-3-18-22(27)24-17-11-14(2)20(12-19(17)30-18)31(28,29)25-10-6-7-15(13-25)21(26)23-16-8-4-5-9-16/h11-12,15-16,18H,3-10,13H2,1-2H3,(H,23,26)(H,24,27)/t15-,18-/m1/s1. The molecule has 2 atom stereocenters. The molecule has 2 N–H and O–H groups in total. The molecule has 0 spiro atoms. The summed E-state index contributed by atoms with van der Waals surface area (Å²) in [6.45, 7) is 4.12. The van der Waals surface area contributed by atoms with Crippen molar-refractivity contribution in [2.45, 2.75) is 75.8 Å². The third-order valence-electron chi connectivity index (χ3n) is 6.54. The van der Waals surface area contributed by atoms with E-state index >= 15 is 0 Å². The molecule has 1 saturated carbocycles. The number of benzene rings is 1. The number of hydrogen-bond donors (Lipinski definition) is 2. The van der Waals surface area contributed by atoms with Crippen LogP contribution in [0.5, 0.6) is 5.75 Å². The van der Waals surface area contributed by atoms with Crippen LogP contribution < -0.4 is 15.4 Å². The summed E-state index contributed by atoms with van der Waals surface area (Å²) in [6, 6.07) is 3.37. The molecule has 2 aliphatic heterocycles. The lowest BCUT2D eigenvalue weighted by Crippen LogP contribution is -2.47. The van der Waals surface area contributed by atoms with E-state index in [4.69, 9.17) is 4.74 Å². The highest BCUT2D eigenvalue weighted by atomic mass is 32.2. The molecule has 1 saturated heterocycles. The van der Waals surface area contributed by atoms with E-state index in [1.165, 1.54) is 10.4 Å². The number of nitrogens with zero attached hydrogens (tertiary/aromatic N) is 1. The van der Waals surface area contributed by atoms with Crippen molar-refractivity contribution >= 4 is 27.5 Å². The number of rotatable bonds is 5. The molecule has 3 aliphatic rings. The Morgan fingerprint density at radius 2 is 1.97 bits per heavy atom. The largest absolute Gasteiger partial charge is 0.478 e. The zero-order chi connectivity index (χ0) is 22.2. The second-order valence-corrected chi connectivity index (χ2v) is 10.7. The van der Waals surface area contributed by atoms with Crippen LogP contribution in [0.15, 0.2) is 17.0 Å². The molecule has 8 nitrogen and oxygen atoms in total. The van der Waals surface area contributed by atoms with Gasteiger partial charge in [0.2, 0.25) is 15.9 Å². The highest BCUT2D eigenvalue weighted by Crippen LogP contribution is 2.36. The van der Waals surface area contributed by atoms with Gasteiger partial charge in [-0.05, 0) is 50.7 Å². The Labute approximate surface area is 183 Å². The first-order valence-corrected chi connectivity index (χ1v) is 12.7. The normalized spacial score (nSPS) is 24.9. The van der Waals surface area contributed by atoms with Gasteiger partial charge < -0.3 is 15.4 Å². The SMILES string of the molecule is CC[C@H]1Oc2cc(S(=O)(=O)N3CCC[C@@H](C(=O)NC4CCCC4)C3)c(C)cc2NC1=O. The molecule has 0 bridgehead atoms. The molecule has 31 heavy (non-hydrogen) atoms. The molecule has 1 aromatic carbocycles. The van der Waals surface area contributed by atoms with Crippen molar-refractivity contribution < 1.29 is 22.7 Å². The average molecular weight is 450 g/mol. The number of sulfonamides is 1. The zero-order valence-corrected chi connectivity index (χ0v) is 19.0. The second-order valence-electron chi connectivity index (χ2n) is 8.81. The summed E-state index contributed by atoms with van der Waals surface area (Å²) in [6.07, 6.45) is 5.48. The van der Waals surface area contributed by atoms with Crippen LogP contribution in [0.2, 0.25) is 0 Å². The Balaban J connectivity index is 1.53. The van der Waals surface area contributed by atoms with Crippen molar-refractivity contribution in [1.82, 2.24) is 9.62 Å². The van der Waals surface area contributed by atoms with Crippen molar-refractivity contribution in [1.29, 1.82) is 0 Å². The molecule has 0 aromatic heterocycles. The minimum Gasteiger partial charge on any atom is -0.478 e. The lowest BCUT2D eigenvalue weighted by molar-refractivity contribution is -0.126. The molecule has 2 amide bonds. The zero-order valence-electron chi connectivity index (χ0n) is 18.1. The Kier molecular flexibility index (Phi) is 6.25. The molecular weight excluding hydrogens is 418 g/mol. The number of aryl methyl sites for hydroxylation is 1. The van der Waals surface area contributed by atoms with E-state index in [0.717, 1.165) is 25.7 Å². The van der Waals surface area contributed by atoms with E-state index in [2.05, 4.69) is 10.6 Å². The Hall–Kier alpha value is -2.13. The number of ether oxygens (including phenoxy) is 1. The van der Waals surface area contributed by atoms with Crippen LogP contribution in [0.25, 0.3) is 0 Å². The Morgan fingerprint density at radius 3 is 2.68 bits per heavy atom. The van der Waals surface area contributed by atoms with E-state index in [0.29, 0.717) is 42.8 Å². The number of piperidine rings is 1. The third kappa shape index (κ3) is 4.43. The fourth-order valence-corrected chi connectivity index (χ4v) is 6.48. The highest BCUT2D eigenvalue weighted by Gasteiger charge is 2.36. The van der Waals surface area contributed by atoms with Gasteiger partial charge in [-0.15, -0.1) is 0 Å². The number of nitrogens with one attached hydrogen (secondary N) is 2. The maximum absolute atomic E-state index is 13.5. The van der Waals surface area contributed by atoms with Crippen molar-refractivity contribution in [3.63, 3.8) is 0 Å². The van der Waals surface area contributed by atoms with Crippen LogP contribution >= 0.6 is 0 Å². The predicted molar refractivity (Wildman–Crippen MR) is 116 cm³/mol. The maximum atomic E-state index is 13.5. The molecule has 1 aromatic rings. The van der Waals surface area contributed by atoms with Gasteiger partial charge in [-0.25, -0.2) is 8.42 Å². The van der Waals surface area contributed by atoms with E-state index in [-0.39, 0.29) is 35.2 Å². The third-order valence-corrected chi connectivity index (χ3v) is 8.55. The molecule has 170 valence electrons. The van der Waals surface area contributed by atoms with Crippen LogP contribution in [0.4, 0.5) is 5.69 Å². The minimum atomic E-state index is -3.80. The van der Waals surface area contributed by atoms with E-state index in [1.807, 2.05) is 6.92 Å². The van der Waals surface area contributed by atoms with E-state index < -0.39 is 16.1 Å². The van der Waals surface area contributed by atoms with Crippen molar-refractivity contribution in [2.75, 3.05) is 18.4 Å². The summed E-state index contributed by atoms with van der Waals surface area (Å²) in [4.78, 5) is 24.9. The predicted octanol–water partition coefficient (Wildman–Crippen LogP) is 2.56. The lowest BCUT2D eigenvalue weighted by Gasteiger charge is -2.33. The lowest BCUT2D eigenvalue weighted by atomic mass is 9.98. The van der Waals surface area contributed by atoms with Crippen molar-refractivity contribution in [3.8, 4) is 5.75 Å². The van der Waals surface area contributed by atoms with Gasteiger partial charge in [0, 0.05) is 25.2 Å². The van der Waals surface area contributed by atoms with Gasteiger partial charge >= 0.3 is 0 Å². The first-order valence-electron chi connectivity index (χ1n) is 11.2. The van der Waals surface area contributed by atoms with Gasteiger partial charge in [0.05, 0.1) is 16.5 Å². The molecule has 9 heteroatoms. The highest BCUT2D eigenvalue weighted by molar-refractivity contribution is 7.89. The van der Waals surface area contributed by atoms with Gasteiger partial charge in [-0.2, -0.15) is 4.31 Å². The van der Waals surface area contributed by atoms with Crippen LogP contribution in [0.3, 0.4) is 0 Å². The maximum Gasteiger partial charge on any atom is 0.265 e. The minimum absolute atomic E-state index is 0.0363. The number of carbonyl (C=O) groups excluding carboxylic acids is 2. The molecule has 0 radical (unpaired) electrons. The average Bonchev–Trinajstić information content (AvgIpc) is 3.26. The molecule has 2 heterocycles. The summed E-state index contributed by atoms with van der Waals surface area (Å²) in [7, 11) is -3.80. The van der Waals surface area contributed by atoms with Gasteiger partial charge in [0.1, 0.15) is 5.75 Å². The summed E-state index contributed by atoms with van der Waals surface area (Å²) >= 11 is 0. The number of anilines is 1. The Morgan fingerprint density at radius 1 is 1.23 bits per heavy atom. The second kappa shape index (κ2) is 8.78. The number of amides is 2. The van der Waals surface area contributed by atoms with Crippen LogP contribution in [0.1, 0.15) is 57.4 Å². The fraction of sp³-hybridized carbons (Fsp3) is 0.636. The van der Waals surface area contributed by atoms with Gasteiger partial charge in [-0.1, -0.05) is 19.8 Å². The molecule has 0 unspecified atom stereocenters. The topological polar surface area (TPSA) is 105 Å². The summed E-state index contributed by atoms with van der Waals surface area (Å²) < 4.78 is 34.1. The van der Waals surface area contributed by atoms with Crippen LogP contribution in [0, 0.1) is 12.8 Å². The van der Waals surface area contributed by atoms with Crippen LogP contribution in [-0.2, 0) is 19.6 Å². The smallest absolute Gasteiger partial charge is 0.265 e. The Bertz CT molecular complexity index is 972. The molecule has 1 aliphatic carbocycles. The number of fused-ring (bicyclic) bond motifs is 1.